The molecule has 1 nitrogen and oxygen atoms in total. The third kappa shape index (κ3) is 1.81. The van der Waals surface area contributed by atoms with Crippen LogP contribution in [0, 0.1) is 13.8 Å². The van der Waals surface area contributed by atoms with Crippen LogP contribution in [-0.4, -0.2) is 4.98 Å². The average Bonchev–Trinajstić information content (AvgIpc) is 2.41. The highest BCUT2D eigenvalue weighted by atomic mass is 14.7. The van der Waals surface area contributed by atoms with Crippen molar-refractivity contribution in [1.82, 2.24) is 4.98 Å². The van der Waals surface area contributed by atoms with E-state index < -0.39 is 0 Å². The summed E-state index contributed by atoms with van der Waals surface area (Å²) < 4.78 is 0. The van der Waals surface area contributed by atoms with E-state index in [4.69, 9.17) is 0 Å². The quantitative estimate of drug-likeness (QED) is 0.673. The molecule has 0 amide bonds. The summed E-state index contributed by atoms with van der Waals surface area (Å²) in [6.45, 7) is 11.6. The van der Waals surface area contributed by atoms with E-state index in [0.29, 0.717) is 0 Å². The normalized spacial score (nSPS) is 10.6. The van der Waals surface area contributed by atoms with E-state index in [1.165, 1.54) is 11.1 Å². The molecule has 68 valence electrons. The predicted molar refractivity (Wildman–Crippen MR) is 59.6 cm³/mol. The Hall–Kier alpha value is -1.50. The topological polar surface area (TPSA) is 15.8 Å². The van der Waals surface area contributed by atoms with Crippen LogP contribution in [0.1, 0.15) is 22.5 Å². The van der Waals surface area contributed by atoms with Crippen molar-refractivity contribution in [2.24, 2.45) is 0 Å². The van der Waals surface area contributed by atoms with Crippen molar-refractivity contribution in [2.75, 3.05) is 0 Å². The average molecular weight is 173 g/mol. The van der Waals surface area contributed by atoms with E-state index in [1.807, 2.05) is 18.2 Å². The predicted octanol–water partition coefficient (Wildman–Crippen LogP) is 3.47. The van der Waals surface area contributed by atoms with Gasteiger partial charge in [0.15, 0.2) is 0 Å². The van der Waals surface area contributed by atoms with E-state index >= 15 is 0 Å². The van der Waals surface area contributed by atoms with Crippen LogP contribution in [0.15, 0.2) is 25.3 Å². The number of hydrogen-bond donors (Lipinski definition) is 1. The molecule has 1 N–H and O–H groups in total. The van der Waals surface area contributed by atoms with E-state index in [9.17, 15) is 0 Å². The summed E-state index contributed by atoms with van der Waals surface area (Å²) in [7, 11) is 0. The van der Waals surface area contributed by atoms with Crippen LogP contribution in [0.4, 0.5) is 0 Å². The second kappa shape index (κ2) is 3.94. The molecule has 1 heterocycles. The molecule has 0 aliphatic heterocycles. The van der Waals surface area contributed by atoms with Crippen molar-refractivity contribution in [3.05, 3.63) is 47.8 Å². The van der Waals surface area contributed by atoms with Crippen molar-refractivity contribution >= 4 is 12.2 Å². The number of aromatic nitrogens is 1. The number of rotatable bonds is 3. The van der Waals surface area contributed by atoms with Crippen molar-refractivity contribution in [3.8, 4) is 0 Å². The lowest BCUT2D eigenvalue weighted by Crippen LogP contribution is -1.75. The zero-order valence-corrected chi connectivity index (χ0v) is 8.22. The number of hydrogen-bond acceptors (Lipinski definition) is 0. The van der Waals surface area contributed by atoms with Crippen LogP contribution < -0.4 is 0 Å². The first kappa shape index (κ1) is 9.59. The van der Waals surface area contributed by atoms with Gasteiger partial charge in [0, 0.05) is 11.4 Å². The highest BCUT2D eigenvalue weighted by molar-refractivity contribution is 5.60. The molecule has 0 fully saturated rings. The van der Waals surface area contributed by atoms with Gasteiger partial charge in [0.05, 0.1) is 0 Å². The molecular weight excluding hydrogens is 158 g/mol. The third-order valence-electron chi connectivity index (χ3n) is 2.24. The van der Waals surface area contributed by atoms with Gasteiger partial charge in [0.2, 0.25) is 0 Å². The second-order valence-corrected chi connectivity index (χ2v) is 3.00. The van der Waals surface area contributed by atoms with Gasteiger partial charge in [-0.2, -0.15) is 0 Å². The van der Waals surface area contributed by atoms with Gasteiger partial charge in [-0.05, 0) is 37.1 Å². The van der Waals surface area contributed by atoms with Gasteiger partial charge in [0.25, 0.3) is 0 Å². The Kier molecular flexibility index (Phi) is 2.91. The van der Waals surface area contributed by atoms with Gasteiger partial charge < -0.3 is 4.98 Å². The maximum absolute atomic E-state index is 3.75. The first-order chi connectivity index (χ1) is 6.20. The summed E-state index contributed by atoms with van der Waals surface area (Å²) in [5, 5.41) is 0. The van der Waals surface area contributed by atoms with E-state index in [2.05, 4.69) is 32.0 Å². The van der Waals surface area contributed by atoms with Crippen LogP contribution in [0.5, 0.6) is 0 Å². The molecule has 1 aromatic rings. The van der Waals surface area contributed by atoms with Crippen LogP contribution >= 0.6 is 0 Å². The highest BCUT2D eigenvalue weighted by Crippen LogP contribution is 2.18. The summed E-state index contributed by atoms with van der Waals surface area (Å²) in [6.07, 6.45) is 7.55. The maximum atomic E-state index is 3.75. The Balaban J connectivity index is 3.16. The molecule has 0 atom stereocenters. The number of allylic oxidation sites excluding steroid dienone is 2. The van der Waals surface area contributed by atoms with Crippen LogP contribution in [0.3, 0.4) is 0 Å². The van der Waals surface area contributed by atoms with E-state index in [-0.39, 0.29) is 0 Å². The fourth-order valence-electron chi connectivity index (χ4n) is 1.27. The molecule has 0 aliphatic carbocycles. The number of aromatic amines is 1. The Bertz CT molecular complexity index is 353. The largest absolute Gasteiger partial charge is 0.355 e. The van der Waals surface area contributed by atoms with Gasteiger partial charge in [-0.25, -0.2) is 0 Å². The van der Waals surface area contributed by atoms with Crippen molar-refractivity contribution in [1.29, 1.82) is 0 Å². The number of H-pyrrole nitrogens is 1. The lowest BCUT2D eigenvalue weighted by Gasteiger charge is -1.90. The Morgan fingerprint density at radius 1 is 1.08 bits per heavy atom. The lowest BCUT2D eigenvalue weighted by atomic mass is 10.1. The molecular formula is C12H15N. The molecule has 0 unspecified atom stereocenters. The minimum atomic E-state index is 1.10. The lowest BCUT2D eigenvalue weighted by molar-refractivity contribution is 1.32. The summed E-state index contributed by atoms with van der Waals surface area (Å²) in [6, 6.07) is 0. The summed E-state index contributed by atoms with van der Waals surface area (Å²) in [5.41, 5.74) is 4.76. The molecule has 0 aromatic carbocycles. The number of nitrogens with one attached hydrogen (secondary N) is 1. The molecule has 1 heteroatoms. The van der Waals surface area contributed by atoms with Gasteiger partial charge >= 0.3 is 0 Å². The maximum Gasteiger partial charge on any atom is 0.0417 e. The molecule has 0 radical (unpaired) electrons. The van der Waals surface area contributed by atoms with Crippen LogP contribution in [0.2, 0.25) is 0 Å². The first-order valence-electron chi connectivity index (χ1n) is 4.31. The van der Waals surface area contributed by atoms with Crippen LogP contribution in [0.25, 0.3) is 12.2 Å². The van der Waals surface area contributed by atoms with Crippen molar-refractivity contribution < 1.29 is 0 Å². The first-order valence-corrected chi connectivity index (χ1v) is 4.31. The Morgan fingerprint density at radius 3 is 2.15 bits per heavy atom. The monoisotopic (exact) mass is 173 g/mol. The molecule has 0 aliphatic rings. The minimum absolute atomic E-state index is 1.10. The Morgan fingerprint density at radius 2 is 1.69 bits per heavy atom. The molecule has 13 heavy (non-hydrogen) atoms. The highest BCUT2D eigenvalue weighted by Gasteiger charge is 2.04. The van der Waals surface area contributed by atoms with Gasteiger partial charge in [-0.15, -0.1) is 0 Å². The smallest absolute Gasteiger partial charge is 0.0417 e. The molecule has 0 bridgehead atoms. The molecule has 0 spiro atoms. The molecule has 1 aromatic heterocycles. The van der Waals surface area contributed by atoms with Gasteiger partial charge in [-0.3, -0.25) is 0 Å². The minimum Gasteiger partial charge on any atom is -0.355 e. The van der Waals surface area contributed by atoms with Gasteiger partial charge in [-0.1, -0.05) is 25.3 Å². The van der Waals surface area contributed by atoms with Gasteiger partial charge in [0.1, 0.15) is 0 Å². The van der Waals surface area contributed by atoms with E-state index in [1.54, 1.807) is 6.08 Å². The second-order valence-electron chi connectivity index (χ2n) is 3.00. The Labute approximate surface area is 79.5 Å². The fourth-order valence-corrected chi connectivity index (χ4v) is 1.27. The summed E-state index contributed by atoms with van der Waals surface area (Å²) in [4.78, 5) is 3.28. The molecule has 0 saturated carbocycles. The summed E-state index contributed by atoms with van der Waals surface area (Å²) >= 11 is 0. The fraction of sp³-hybridized carbons (Fsp3) is 0.167. The SMILES string of the molecule is C=C/C=C\c1[nH]c(C=C)c(C)c1C. The van der Waals surface area contributed by atoms with Crippen LogP contribution in [-0.2, 0) is 0 Å². The summed E-state index contributed by atoms with van der Waals surface area (Å²) in [5.74, 6) is 0. The zero-order valence-electron chi connectivity index (χ0n) is 8.22. The zero-order chi connectivity index (χ0) is 9.84. The third-order valence-corrected chi connectivity index (χ3v) is 2.24. The van der Waals surface area contributed by atoms with E-state index in [0.717, 1.165) is 11.4 Å². The molecule has 0 saturated heterocycles. The van der Waals surface area contributed by atoms with Crippen molar-refractivity contribution in [2.45, 2.75) is 13.8 Å². The standard InChI is InChI=1S/C12H15N/c1-5-7-8-12-10(4)9(3)11(6-2)13-12/h5-8,13H,1-2H2,3-4H3/b8-7-. The molecule has 1 rings (SSSR count). The van der Waals surface area contributed by atoms with Crippen molar-refractivity contribution in [3.63, 3.8) is 0 Å².